The molecule has 7 rings (SSSR count). The van der Waals surface area contributed by atoms with Crippen LogP contribution in [-0.4, -0.2) is 88.2 Å². The lowest BCUT2D eigenvalue weighted by atomic mass is 9.95. The molecule has 3 fully saturated rings. The van der Waals surface area contributed by atoms with Gasteiger partial charge in [0.2, 0.25) is 0 Å². The van der Waals surface area contributed by atoms with Crippen molar-refractivity contribution in [1.82, 2.24) is 24.8 Å². The minimum atomic E-state index is -1.04. The van der Waals surface area contributed by atoms with Gasteiger partial charge in [0, 0.05) is 56.3 Å². The van der Waals surface area contributed by atoms with Crippen molar-refractivity contribution >= 4 is 45.0 Å². The molecule has 8 nitrogen and oxygen atoms in total. The van der Waals surface area contributed by atoms with Gasteiger partial charge in [-0.05, 0) is 30.8 Å². The Kier molecular flexibility index (Phi) is 7.52. The van der Waals surface area contributed by atoms with Gasteiger partial charge in [0.05, 0.1) is 15.9 Å². The number of aromatic nitrogens is 3. The molecular weight excluding hydrogens is 612 g/mol. The number of anilines is 1. The molecule has 2 atom stereocenters. The Morgan fingerprint density at radius 3 is 2.69 bits per heavy atom. The SMILES string of the molecule is C=C(F)C(=O)N1CCN(c2nc(OCC34CCCN3CC(F)C4)nc3c(F)c(-c4cccc5ccc(F)c(Cl)c45)ncc23)CC1. The molecule has 0 N–H and O–H groups in total. The highest BCUT2D eigenvalue weighted by atomic mass is 35.5. The minimum Gasteiger partial charge on any atom is -0.461 e. The van der Waals surface area contributed by atoms with E-state index in [9.17, 15) is 18.0 Å². The van der Waals surface area contributed by atoms with Crippen molar-refractivity contribution in [3.8, 4) is 17.3 Å². The lowest BCUT2D eigenvalue weighted by Gasteiger charge is -2.35. The number of carbonyl (C=O) groups is 1. The number of benzene rings is 2. The summed E-state index contributed by atoms with van der Waals surface area (Å²) >= 11 is 6.35. The maximum Gasteiger partial charge on any atom is 0.319 e. The first-order valence-corrected chi connectivity index (χ1v) is 15.2. The number of halogens is 5. The quantitative estimate of drug-likeness (QED) is 0.193. The smallest absolute Gasteiger partial charge is 0.319 e. The molecule has 0 saturated carbocycles. The van der Waals surface area contributed by atoms with Gasteiger partial charge in [-0.1, -0.05) is 42.4 Å². The Morgan fingerprint density at radius 1 is 1.11 bits per heavy atom. The lowest BCUT2D eigenvalue weighted by molar-refractivity contribution is -0.128. The zero-order chi connectivity index (χ0) is 31.5. The Hall–Kier alpha value is -4.03. The second-order valence-electron chi connectivity index (χ2n) is 11.8. The number of fused-ring (bicyclic) bond motifs is 3. The first-order chi connectivity index (χ1) is 21.6. The minimum absolute atomic E-state index is 0.0734. The van der Waals surface area contributed by atoms with E-state index in [0.29, 0.717) is 34.9 Å². The summed E-state index contributed by atoms with van der Waals surface area (Å²) < 4.78 is 65.1. The Labute approximate surface area is 261 Å². The number of piperazine rings is 1. The fourth-order valence-corrected chi connectivity index (χ4v) is 7.24. The molecule has 3 aliphatic rings. The van der Waals surface area contributed by atoms with Crippen LogP contribution in [0.1, 0.15) is 19.3 Å². The zero-order valence-corrected chi connectivity index (χ0v) is 25.0. The van der Waals surface area contributed by atoms with Crippen LogP contribution < -0.4 is 9.64 Å². The van der Waals surface area contributed by atoms with Gasteiger partial charge >= 0.3 is 6.01 Å². The number of hydrogen-bond acceptors (Lipinski definition) is 7. The molecule has 13 heteroatoms. The Morgan fingerprint density at radius 2 is 1.91 bits per heavy atom. The summed E-state index contributed by atoms with van der Waals surface area (Å²) in [6, 6.07) is 7.78. The van der Waals surface area contributed by atoms with Crippen LogP contribution in [0.25, 0.3) is 32.9 Å². The van der Waals surface area contributed by atoms with Crippen LogP contribution in [0.4, 0.5) is 23.4 Å². The van der Waals surface area contributed by atoms with Crippen molar-refractivity contribution in [3.63, 3.8) is 0 Å². The third-order valence-corrected chi connectivity index (χ3v) is 9.53. The summed E-state index contributed by atoms with van der Waals surface area (Å²) in [5.74, 6) is -2.91. The van der Waals surface area contributed by atoms with E-state index in [4.69, 9.17) is 16.3 Å². The third-order valence-electron chi connectivity index (χ3n) is 9.16. The van der Waals surface area contributed by atoms with Crippen molar-refractivity contribution in [2.75, 3.05) is 50.8 Å². The van der Waals surface area contributed by atoms with Gasteiger partial charge in [0.15, 0.2) is 11.6 Å². The average Bonchev–Trinajstić information content (AvgIpc) is 3.57. The number of alkyl halides is 1. The molecule has 5 heterocycles. The number of carbonyl (C=O) groups excluding carboxylic acids is 1. The van der Waals surface area contributed by atoms with Gasteiger partial charge in [-0.15, -0.1) is 0 Å². The number of hydrogen-bond donors (Lipinski definition) is 0. The normalized spacial score (nSPS) is 21.9. The number of pyridine rings is 1. The van der Waals surface area contributed by atoms with Crippen LogP contribution in [0.3, 0.4) is 0 Å². The molecule has 0 spiro atoms. The van der Waals surface area contributed by atoms with E-state index in [0.717, 1.165) is 19.4 Å². The van der Waals surface area contributed by atoms with E-state index in [-0.39, 0.29) is 60.6 Å². The summed E-state index contributed by atoms with van der Waals surface area (Å²) in [5, 5.41) is 1.07. The van der Waals surface area contributed by atoms with E-state index in [2.05, 4.69) is 26.4 Å². The fourth-order valence-electron chi connectivity index (χ4n) is 6.96. The Balaban J connectivity index is 1.31. The van der Waals surface area contributed by atoms with Crippen molar-refractivity contribution in [2.24, 2.45) is 0 Å². The molecule has 4 aromatic rings. The first kappa shape index (κ1) is 29.7. The van der Waals surface area contributed by atoms with E-state index in [1.165, 1.54) is 17.2 Å². The van der Waals surface area contributed by atoms with Gasteiger partial charge in [-0.3, -0.25) is 14.7 Å². The van der Waals surface area contributed by atoms with E-state index >= 15 is 4.39 Å². The number of rotatable bonds is 6. The predicted octanol–water partition coefficient (Wildman–Crippen LogP) is 5.86. The Bertz CT molecular complexity index is 1850. The van der Waals surface area contributed by atoms with Gasteiger partial charge < -0.3 is 14.5 Å². The molecule has 0 bridgehead atoms. The van der Waals surface area contributed by atoms with Crippen LogP contribution in [0.5, 0.6) is 6.01 Å². The standard InChI is InChI=1S/C32H29ClF4N6O2/c1-18(34)30(44)42-12-10-41(11-13-42)29-22-15-38-27(21-5-2-4-19-6-7-23(36)25(33)24(19)21)26(37)28(22)39-31(40-29)45-17-32-8-3-9-43(32)16-20(35)14-32/h2,4-7,15,20H,1,3,8-14,16-17H2. The van der Waals surface area contributed by atoms with Crippen molar-refractivity contribution in [1.29, 1.82) is 0 Å². The van der Waals surface area contributed by atoms with E-state index in [1.807, 2.05) is 4.90 Å². The van der Waals surface area contributed by atoms with E-state index < -0.39 is 35.1 Å². The summed E-state index contributed by atoms with van der Waals surface area (Å²) in [6.07, 6.45) is 2.52. The lowest BCUT2D eigenvalue weighted by Crippen LogP contribution is -2.49. The molecule has 234 valence electrons. The van der Waals surface area contributed by atoms with Crippen molar-refractivity contribution in [2.45, 2.75) is 31.0 Å². The monoisotopic (exact) mass is 640 g/mol. The highest BCUT2D eigenvalue weighted by Crippen LogP contribution is 2.41. The summed E-state index contributed by atoms with van der Waals surface area (Å²) in [4.78, 5) is 31.0. The second kappa shape index (κ2) is 11.4. The maximum atomic E-state index is 16.6. The molecule has 3 aliphatic heterocycles. The van der Waals surface area contributed by atoms with Crippen molar-refractivity contribution in [3.05, 3.63) is 65.6 Å². The topological polar surface area (TPSA) is 74.7 Å². The van der Waals surface area contributed by atoms with Gasteiger partial charge in [0.25, 0.3) is 5.91 Å². The van der Waals surface area contributed by atoms with Crippen LogP contribution in [-0.2, 0) is 4.79 Å². The molecule has 45 heavy (non-hydrogen) atoms. The molecular formula is C32H29ClF4N6O2. The molecule has 2 aromatic heterocycles. The predicted molar refractivity (Wildman–Crippen MR) is 163 cm³/mol. The largest absolute Gasteiger partial charge is 0.461 e. The molecule has 2 unspecified atom stereocenters. The number of nitrogens with zero attached hydrogens (tertiary/aromatic N) is 6. The zero-order valence-electron chi connectivity index (χ0n) is 24.2. The van der Waals surface area contributed by atoms with Gasteiger partial charge in [-0.2, -0.15) is 9.97 Å². The molecule has 0 aliphatic carbocycles. The molecule has 1 amide bonds. The number of ether oxygens (including phenoxy) is 1. The summed E-state index contributed by atoms with van der Waals surface area (Å²) in [5.41, 5.74) is -0.344. The van der Waals surface area contributed by atoms with Crippen LogP contribution in [0, 0.1) is 11.6 Å². The van der Waals surface area contributed by atoms with Crippen LogP contribution in [0.2, 0.25) is 5.02 Å². The highest BCUT2D eigenvalue weighted by molar-refractivity contribution is 6.36. The highest BCUT2D eigenvalue weighted by Gasteiger charge is 2.49. The first-order valence-electron chi connectivity index (χ1n) is 14.8. The average molecular weight is 641 g/mol. The summed E-state index contributed by atoms with van der Waals surface area (Å²) in [7, 11) is 0. The van der Waals surface area contributed by atoms with Crippen LogP contribution in [0.15, 0.2) is 48.9 Å². The fraction of sp³-hybridized carbons (Fsp3) is 0.375. The van der Waals surface area contributed by atoms with Gasteiger partial charge in [-0.25, -0.2) is 17.6 Å². The second-order valence-corrected chi connectivity index (χ2v) is 12.2. The van der Waals surface area contributed by atoms with Crippen molar-refractivity contribution < 1.29 is 27.1 Å². The van der Waals surface area contributed by atoms with Gasteiger partial charge in [0.1, 0.15) is 35.6 Å². The van der Waals surface area contributed by atoms with E-state index in [1.54, 1.807) is 24.3 Å². The maximum absolute atomic E-state index is 16.6. The molecule has 0 radical (unpaired) electrons. The molecule has 2 aromatic carbocycles. The summed E-state index contributed by atoms with van der Waals surface area (Å²) in [6.45, 7) is 5.28. The van der Waals surface area contributed by atoms with Crippen LogP contribution >= 0.6 is 11.6 Å². The molecule has 3 saturated heterocycles. The number of amides is 1. The third kappa shape index (κ3) is 5.13.